The second kappa shape index (κ2) is 10.9. The number of aliphatic hydroxyl groups excluding tert-OH is 1. The van der Waals surface area contributed by atoms with Crippen molar-refractivity contribution in [1.29, 1.82) is 5.26 Å². The summed E-state index contributed by atoms with van der Waals surface area (Å²) in [6, 6.07) is 10.6. The second-order valence-corrected chi connectivity index (χ2v) is 12.1. The molecule has 1 saturated heterocycles. The molecule has 37 heavy (non-hydrogen) atoms. The van der Waals surface area contributed by atoms with Crippen LogP contribution < -0.4 is 15.4 Å². The van der Waals surface area contributed by atoms with E-state index in [0.29, 0.717) is 28.6 Å². The Morgan fingerprint density at radius 3 is 2.68 bits per heavy atom. The highest BCUT2D eigenvalue weighted by Gasteiger charge is 2.44. The first-order chi connectivity index (χ1) is 17.6. The Morgan fingerprint density at radius 2 is 2.00 bits per heavy atom. The minimum atomic E-state index is -3.77. The number of nitriles is 1. The normalized spacial score (nSPS) is 23.9. The van der Waals surface area contributed by atoms with E-state index in [9.17, 15) is 18.8 Å². The standard InChI is InChI=1S/C26H32ClN5O4S/c1-4-19-7-5-6-14-32(19)37(34,35)20-12-13-22-21(15-20)23(24(33)26(2,3)36-22)31-25(29-16-28)30-18-10-8-17(27)9-11-18/h8-13,15,19,23-24,33H,4-7,14H2,1-3H3,(H2,29,30,31). The number of halogens is 1. The Balaban J connectivity index is 1.76. The number of anilines is 1. The molecule has 2 aromatic rings. The van der Waals surface area contributed by atoms with Crippen molar-refractivity contribution in [3.05, 3.63) is 53.1 Å². The largest absolute Gasteiger partial charge is 0.485 e. The first-order valence-electron chi connectivity index (χ1n) is 12.3. The van der Waals surface area contributed by atoms with Gasteiger partial charge in [0.1, 0.15) is 23.5 Å². The van der Waals surface area contributed by atoms with E-state index >= 15 is 0 Å². The van der Waals surface area contributed by atoms with Crippen LogP contribution in [0.3, 0.4) is 0 Å². The van der Waals surface area contributed by atoms with Crippen LogP contribution in [0.25, 0.3) is 0 Å². The molecule has 2 aliphatic rings. The summed E-state index contributed by atoms with van der Waals surface area (Å²) >= 11 is 5.97. The molecule has 3 unspecified atom stereocenters. The number of hydrogen-bond donors (Lipinski definition) is 3. The maximum Gasteiger partial charge on any atom is 0.243 e. The Morgan fingerprint density at radius 1 is 1.27 bits per heavy atom. The van der Waals surface area contributed by atoms with Gasteiger partial charge in [0.05, 0.1) is 4.90 Å². The van der Waals surface area contributed by atoms with Crippen molar-refractivity contribution in [2.75, 3.05) is 11.9 Å². The Bertz CT molecular complexity index is 1310. The molecule has 11 heteroatoms. The van der Waals surface area contributed by atoms with Gasteiger partial charge in [-0.25, -0.2) is 13.4 Å². The molecular formula is C26H32ClN5O4S. The lowest BCUT2D eigenvalue weighted by molar-refractivity contribution is -0.0568. The second-order valence-electron chi connectivity index (χ2n) is 9.81. The molecule has 9 nitrogen and oxygen atoms in total. The van der Waals surface area contributed by atoms with Crippen LogP contribution in [-0.4, -0.2) is 48.1 Å². The molecule has 2 heterocycles. The zero-order valence-electron chi connectivity index (χ0n) is 21.1. The Kier molecular flexibility index (Phi) is 7.99. The molecule has 0 spiro atoms. The fourth-order valence-corrected chi connectivity index (χ4v) is 6.77. The fraction of sp³-hybridized carbons (Fsp3) is 0.462. The van der Waals surface area contributed by atoms with Gasteiger partial charge in [-0.1, -0.05) is 24.9 Å². The van der Waals surface area contributed by atoms with E-state index in [-0.39, 0.29) is 16.9 Å². The number of aliphatic hydroxyl groups is 1. The third kappa shape index (κ3) is 5.70. The van der Waals surface area contributed by atoms with Gasteiger partial charge in [-0.05, 0) is 75.6 Å². The van der Waals surface area contributed by atoms with Crippen LogP contribution >= 0.6 is 11.6 Å². The molecule has 0 saturated carbocycles. The SMILES string of the molecule is CCC1CCCCN1S(=O)(=O)c1ccc2c(c1)C(/N=C(/NC#N)Nc1ccc(Cl)cc1)C(O)C(C)(C)O2. The van der Waals surface area contributed by atoms with E-state index in [0.717, 1.165) is 25.7 Å². The molecule has 0 radical (unpaired) electrons. The van der Waals surface area contributed by atoms with Crippen molar-refractivity contribution in [3.8, 4) is 11.9 Å². The van der Waals surface area contributed by atoms with Gasteiger partial charge in [0.15, 0.2) is 6.19 Å². The van der Waals surface area contributed by atoms with Crippen LogP contribution in [0.2, 0.25) is 5.02 Å². The van der Waals surface area contributed by atoms with Crippen molar-refractivity contribution in [3.63, 3.8) is 0 Å². The molecule has 1 fully saturated rings. The van der Waals surface area contributed by atoms with Crippen LogP contribution in [0.5, 0.6) is 5.75 Å². The number of aliphatic imine (C=N–C) groups is 1. The zero-order valence-corrected chi connectivity index (χ0v) is 22.7. The van der Waals surface area contributed by atoms with Gasteiger partial charge in [0.25, 0.3) is 0 Å². The highest BCUT2D eigenvalue weighted by molar-refractivity contribution is 7.89. The van der Waals surface area contributed by atoms with Crippen molar-refractivity contribution in [1.82, 2.24) is 9.62 Å². The molecule has 0 amide bonds. The summed E-state index contributed by atoms with van der Waals surface area (Å²) in [6.45, 7) is 5.95. The molecule has 2 aromatic carbocycles. The number of nitrogens with one attached hydrogen (secondary N) is 2. The van der Waals surface area contributed by atoms with Gasteiger partial charge in [-0.3, -0.25) is 5.32 Å². The fourth-order valence-electron chi connectivity index (χ4n) is 4.84. The van der Waals surface area contributed by atoms with Gasteiger partial charge in [0.2, 0.25) is 16.0 Å². The third-order valence-electron chi connectivity index (χ3n) is 6.88. The number of benzene rings is 2. The summed E-state index contributed by atoms with van der Waals surface area (Å²) in [4.78, 5) is 4.76. The number of ether oxygens (including phenoxy) is 1. The summed E-state index contributed by atoms with van der Waals surface area (Å²) in [5, 5.41) is 26.7. The summed E-state index contributed by atoms with van der Waals surface area (Å²) in [5.74, 6) is 0.518. The summed E-state index contributed by atoms with van der Waals surface area (Å²) in [5.41, 5.74) is 0.0341. The first-order valence-corrected chi connectivity index (χ1v) is 14.2. The van der Waals surface area contributed by atoms with Gasteiger partial charge >= 0.3 is 0 Å². The molecular weight excluding hydrogens is 514 g/mol. The predicted molar refractivity (Wildman–Crippen MR) is 143 cm³/mol. The zero-order chi connectivity index (χ0) is 26.8. The smallest absolute Gasteiger partial charge is 0.243 e. The van der Waals surface area contributed by atoms with Crippen molar-refractivity contribution in [2.24, 2.45) is 4.99 Å². The lowest BCUT2D eigenvalue weighted by atomic mass is 9.87. The minimum absolute atomic E-state index is 0.0422. The quantitative estimate of drug-likeness (QED) is 0.220. The van der Waals surface area contributed by atoms with Gasteiger partial charge in [0, 0.05) is 28.9 Å². The summed E-state index contributed by atoms with van der Waals surface area (Å²) < 4.78 is 34.9. The van der Waals surface area contributed by atoms with Crippen molar-refractivity contribution < 1.29 is 18.3 Å². The van der Waals surface area contributed by atoms with E-state index < -0.39 is 27.8 Å². The maximum absolute atomic E-state index is 13.7. The third-order valence-corrected chi connectivity index (χ3v) is 9.08. The molecule has 3 atom stereocenters. The number of hydrogen-bond acceptors (Lipinski definition) is 6. The van der Waals surface area contributed by atoms with Crippen LogP contribution in [0.1, 0.15) is 58.1 Å². The number of sulfonamides is 1. The van der Waals surface area contributed by atoms with Crippen LogP contribution in [-0.2, 0) is 10.0 Å². The summed E-state index contributed by atoms with van der Waals surface area (Å²) in [7, 11) is -3.77. The lowest BCUT2D eigenvalue weighted by Crippen LogP contribution is -2.49. The number of guanidine groups is 1. The van der Waals surface area contributed by atoms with Crippen molar-refractivity contribution >= 4 is 33.3 Å². The van der Waals surface area contributed by atoms with E-state index in [1.807, 2.05) is 13.1 Å². The Hall–Kier alpha value is -2.84. The topological polar surface area (TPSA) is 127 Å². The number of fused-ring (bicyclic) bond motifs is 1. The van der Waals surface area contributed by atoms with Crippen LogP contribution in [0.4, 0.5) is 5.69 Å². The minimum Gasteiger partial charge on any atom is -0.485 e. The van der Waals surface area contributed by atoms with Gasteiger partial charge in [-0.2, -0.15) is 9.57 Å². The van der Waals surface area contributed by atoms with Crippen LogP contribution in [0, 0.1) is 11.5 Å². The van der Waals surface area contributed by atoms with E-state index in [4.69, 9.17) is 16.3 Å². The highest BCUT2D eigenvalue weighted by Crippen LogP contribution is 2.43. The van der Waals surface area contributed by atoms with E-state index in [1.165, 1.54) is 6.07 Å². The average molecular weight is 546 g/mol. The molecule has 198 valence electrons. The van der Waals surface area contributed by atoms with Gasteiger partial charge in [-0.15, -0.1) is 0 Å². The molecule has 0 aromatic heterocycles. The number of rotatable bonds is 5. The molecule has 4 rings (SSSR count). The van der Waals surface area contributed by atoms with Crippen molar-refractivity contribution in [2.45, 2.75) is 75.1 Å². The molecule has 0 aliphatic carbocycles. The highest BCUT2D eigenvalue weighted by atomic mass is 35.5. The van der Waals surface area contributed by atoms with E-state index in [1.54, 1.807) is 54.6 Å². The molecule has 3 N–H and O–H groups in total. The average Bonchev–Trinajstić information content (AvgIpc) is 2.87. The monoisotopic (exact) mass is 545 g/mol. The molecule has 2 aliphatic heterocycles. The van der Waals surface area contributed by atoms with Gasteiger partial charge < -0.3 is 15.2 Å². The number of nitrogens with zero attached hydrogens (tertiary/aromatic N) is 3. The summed E-state index contributed by atoms with van der Waals surface area (Å²) in [6.07, 6.45) is 4.14. The Labute approximate surface area is 223 Å². The van der Waals surface area contributed by atoms with E-state index in [2.05, 4.69) is 15.6 Å². The first kappa shape index (κ1) is 27.2. The number of piperidine rings is 1. The van der Waals surface area contributed by atoms with Crippen LogP contribution in [0.15, 0.2) is 52.4 Å². The lowest BCUT2D eigenvalue weighted by Gasteiger charge is -2.41. The molecule has 0 bridgehead atoms. The maximum atomic E-state index is 13.7. The predicted octanol–water partition coefficient (Wildman–Crippen LogP) is 4.40.